The fourth-order valence-electron chi connectivity index (χ4n) is 4.00. The quantitative estimate of drug-likeness (QED) is 0.477. The van der Waals surface area contributed by atoms with Gasteiger partial charge in [-0.05, 0) is 48.7 Å². The van der Waals surface area contributed by atoms with Crippen LogP contribution in [0.5, 0.6) is 0 Å². The summed E-state index contributed by atoms with van der Waals surface area (Å²) >= 11 is 0. The van der Waals surface area contributed by atoms with Gasteiger partial charge in [0.05, 0.1) is 23.0 Å². The molecule has 1 aliphatic heterocycles. The average molecular weight is 450 g/mol. The van der Waals surface area contributed by atoms with Gasteiger partial charge in [-0.15, -0.1) is 0 Å². The maximum atomic E-state index is 13.6. The van der Waals surface area contributed by atoms with Crippen molar-refractivity contribution in [3.8, 4) is 11.3 Å². The van der Waals surface area contributed by atoms with Gasteiger partial charge in [-0.1, -0.05) is 12.1 Å². The Balaban J connectivity index is 1.53. The highest BCUT2D eigenvalue weighted by atomic mass is 32.2. The number of aryl methyl sites for hydroxylation is 1. The lowest BCUT2D eigenvalue weighted by Gasteiger charge is -2.29. The van der Waals surface area contributed by atoms with Crippen LogP contribution in [0.1, 0.15) is 22.5 Å². The highest BCUT2D eigenvalue weighted by Gasteiger charge is 2.25. The Hall–Kier alpha value is -3.59. The third-order valence-corrected chi connectivity index (χ3v) is 6.73. The van der Waals surface area contributed by atoms with Gasteiger partial charge in [0, 0.05) is 30.2 Å². The number of amides is 1. The van der Waals surface area contributed by atoms with Gasteiger partial charge in [-0.3, -0.25) is 9.20 Å². The van der Waals surface area contributed by atoms with Crippen molar-refractivity contribution < 1.29 is 17.6 Å². The number of hydrogen-bond donors (Lipinski definition) is 0. The van der Waals surface area contributed by atoms with Crippen LogP contribution < -0.4 is 4.90 Å². The topological polar surface area (TPSA) is 84.6 Å². The first kappa shape index (κ1) is 20.3. The summed E-state index contributed by atoms with van der Waals surface area (Å²) < 4.78 is 38.8. The second-order valence-electron chi connectivity index (χ2n) is 7.77. The van der Waals surface area contributed by atoms with Gasteiger partial charge in [0.25, 0.3) is 5.91 Å². The van der Waals surface area contributed by atoms with E-state index < -0.39 is 9.84 Å². The molecule has 162 valence electrons. The van der Waals surface area contributed by atoms with E-state index in [0.717, 1.165) is 30.2 Å². The third kappa shape index (κ3) is 3.54. The van der Waals surface area contributed by atoms with E-state index in [1.54, 1.807) is 52.0 Å². The lowest BCUT2D eigenvalue weighted by Crippen LogP contribution is -2.36. The first-order valence-electron chi connectivity index (χ1n) is 10.1. The molecule has 0 unspecified atom stereocenters. The van der Waals surface area contributed by atoms with Crippen LogP contribution in [0, 0.1) is 5.82 Å². The van der Waals surface area contributed by atoms with Crippen LogP contribution in [0.2, 0.25) is 0 Å². The number of carbonyl (C=O) groups is 1. The van der Waals surface area contributed by atoms with Crippen molar-refractivity contribution in [2.75, 3.05) is 17.7 Å². The van der Waals surface area contributed by atoms with Crippen LogP contribution in [0.25, 0.3) is 16.9 Å². The molecule has 7 nitrogen and oxygen atoms in total. The number of sulfone groups is 1. The minimum Gasteiger partial charge on any atom is -0.307 e. The number of hydrogen-bond acceptors (Lipinski definition) is 5. The summed E-state index contributed by atoms with van der Waals surface area (Å²) in [4.78, 5) is 23.8. The molecule has 0 N–H and O–H groups in total. The summed E-state index contributed by atoms with van der Waals surface area (Å²) in [6.45, 7) is 0.529. The summed E-state index contributed by atoms with van der Waals surface area (Å²) in [5.41, 5.74) is 3.77. The Labute approximate surface area is 184 Å². The van der Waals surface area contributed by atoms with E-state index in [4.69, 9.17) is 0 Å². The van der Waals surface area contributed by atoms with Crippen molar-refractivity contribution in [2.45, 2.75) is 17.7 Å². The highest BCUT2D eigenvalue weighted by Crippen LogP contribution is 2.29. The number of aromatic nitrogens is 3. The van der Waals surface area contributed by atoms with E-state index in [1.165, 1.54) is 18.3 Å². The SMILES string of the molecule is CS(=O)(=O)c1ccc(-c2cnc3cnc(C(=O)N4CCCc5cc(F)ccc54)cn23)cc1. The van der Waals surface area contributed by atoms with Gasteiger partial charge >= 0.3 is 0 Å². The molecule has 0 atom stereocenters. The van der Waals surface area contributed by atoms with Crippen LogP contribution in [-0.2, 0) is 16.3 Å². The van der Waals surface area contributed by atoms with Crippen LogP contribution in [0.15, 0.2) is 66.0 Å². The van der Waals surface area contributed by atoms with Crippen LogP contribution in [0.4, 0.5) is 10.1 Å². The molecule has 0 saturated heterocycles. The fraction of sp³-hybridized carbons (Fsp3) is 0.174. The molecule has 2 aromatic heterocycles. The number of benzene rings is 2. The molecule has 0 bridgehead atoms. The molecule has 5 rings (SSSR count). The second-order valence-corrected chi connectivity index (χ2v) is 9.79. The molecule has 1 aliphatic rings. The molecule has 1 amide bonds. The zero-order valence-electron chi connectivity index (χ0n) is 17.2. The smallest absolute Gasteiger partial charge is 0.278 e. The van der Waals surface area contributed by atoms with Gasteiger partial charge in [0.1, 0.15) is 11.5 Å². The Bertz CT molecular complexity index is 1460. The average Bonchev–Trinajstić information content (AvgIpc) is 3.20. The third-order valence-electron chi connectivity index (χ3n) is 5.60. The molecular weight excluding hydrogens is 431 g/mol. The minimum atomic E-state index is -3.29. The summed E-state index contributed by atoms with van der Waals surface area (Å²) in [6, 6.07) is 11.0. The molecule has 0 radical (unpaired) electrons. The Kier molecular flexibility index (Phi) is 4.78. The maximum absolute atomic E-state index is 13.6. The summed E-state index contributed by atoms with van der Waals surface area (Å²) in [6.07, 6.45) is 7.43. The van der Waals surface area contributed by atoms with Crippen molar-refractivity contribution in [1.29, 1.82) is 0 Å². The van der Waals surface area contributed by atoms with Crippen molar-refractivity contribution in [1.82, 2.24) is 14.4 Å². The normalized spacial score (nSPS) is 13.9. The predicted octanol–water partition coefficient (Wildman–Crippen LogP) is 3.53. The monoisotopic (exact) mass is 450 g/mol. The first-order valence-corrected chi connectivity index (χ1v) is 11.9. The molecule has 0 saturated carbocycles. The molecule has 32 heavy (non-hydrogen) atoms. The van der Waals surface area contributed by atoms with Crippen molar-refractivity contribution in [3.63, 3.8) is 0 Å². The molecule has 0 aliphatic carbocycles. The summed E-state index contributed by atoms with van der Waals surface area (Å²) in [5, 5.41) is 0. The lowest BCUT2D eigenvalue weighted by molar-refractivity contribution is 0.0980. The van der Waals surface area contributed by atoms with Crippen molar-refractivity contribution in [2.24, 2.45) is 0 Å². The predicted molar refractivity (Wildman–Crippen MR) is 118 cm³/mol. The van der Waals surface area contributed by atoms with E-state index in [-0.39, 0.29) is 22.3 Å². The highest BCUT2D eigenvalue weighted by molar-refractivity contribution is 7.90. The number of rotatable bonds is 3. The number of fused-ring (bicyclic) bond motifs is 2. The number of halogens is 1. The molecule has 2 aromatic carbocycles. The zero-order chi connectivity index (χ0) is 22.5. The van der Waals surface area contributed by atoms with Gasteiger partial charge in [0.2, 0.25) is 0 Å². The van der Waals surface area contributed by atoms with E-state index in [0.29, 0.717) is 23.6 Å². The van der Waals surface area contributed by atoms with Crippen molar-refractivity contribution in [3.05, 3.63) is 78.1 Å². The number of nitrogens with zero attached hydrogens (tertiary/aromatic N) is 4. The van der Waals surface area contributed by atoms with Crippen molar-refractivity contribution >= 4 is 27.1 Å². The van der Waals surface area contributed by atoms with Crippen LogP contribution in [-0.4, -0.2) is 41.5 Å². The Morgan fingerprint density at radius 3 is 2.59 bits per heavy atom. The van der Waals surface area contributed by atoms with E-state index in [2.05, 4.69) is 9.97 Å². The second kappa shape index (κ2) is 7.52. The lowest BCUT2D eigenvalue weighted by atomic mass is 10.0. The summed E-state index contributed by atoms with van der Waals surface area (Å²) in [7, 11) is -3.29. The zero-order valence-corrected chi connectivity index (χ0v) is 18.0. The minimum absolute atomic E-state index is 0.229. The summed E-state index contributed by atoms with van der Waals surface area (Å²) in [5.74, 6) is -0.589. The van der Waals surface area contributed by atoms with Crippen LogP contribution >= 0.6 is 0 Å². The van der Waals surface area contributed by atoms with Gasteiger partial charge < -0.3 is 4.90 Å². The molecule has 3 heterocycles. The Morgan fingerprint density at radius 2 is 1.84 bits per heavy atom. The van der Waals surface area contributed by atoms with E-state index >= 15 is 0 Å². The Morgan fingerprint density at radius 1 is 1.06 bits per heavy atom. The number of anilines is 1. The molecule has 0 fully saturated rings. The van der Waals surface area contributed by atoms with Gasteiger partial charge in [0.15, 0.2) is 15.5 Å². The molecule has 9 heteroatoms. The molecule has 0 spiro atoms. The first-order chi connectivity index (χ1) is 15.3. The number of carbonyl (C=O) groups excluding carboxylic acids is 1. The maximum Gasteiger partial charge on any atom is 0.278 e. The standard InChI is InChI=1S/C23H19FN4O3S/c1-32(30,31)18-7-4-15(5-8-18)21-12-26-22-13-25-19(14-28(21)22)23(29)27-10-2-3-16-11-17(24)6-9-20(16)27/h4-9,11-14H,2-3,10H2,1H3. The largest absolute Gasteiger partial charge is 0.307 e. The van der Waals surface area contributed by atoms with Gasteiger partial charge in [-0.2, -0.15) is 0 Å². The number of imidazole rings is 1. The molecular formula is C23H19FN4O3S. The van der Waals surface area contributed by atoms with Crippen LogP contribution in [0.3, 0.4) is 0 Å². The molecule has 4 aromatic rings. The van der Waals surface area contributed by atoms with Gasteiger partial charge in [-0.25, -0.2) is 22.8 Å². The van der Waals surface area contributed by atoms with E-state index in [9.17, 15) is 17.6 Å². The fourth-order valence-corrected chi connectivity index (χ4v) is 4.63. The van der Waals surface area contributed by atoms with E-state index in [1.807, 2.05) is 0 Å².